The van der Waals surface area contributed by atoms with Gasteiger partial charge in [0.1, 0.15) is 0 Å². The summed E-state index contributed by atoms with van der Waals surface area (Å²) in [6.45, 7) is 1.54. The van der Waals surface area contributed by atoms with E-state index in [1.807, 2.05) is 118 Å². The van der Waals surface area contributed by atoms with Crippen molar-refractivity contribution in [2.45, 2.75) is 40.0 Å². The number of para-hydroxylation sites is 1. The Kier molecular flexibility index (Phi) is 12.6. The molecule has 0 bridgehead atoms. The molecule has 65 heavy (non-hydrogen) atoms. The summed E-state index contributed by atoms with van der Waals surface area (Å²) in [5.74, 6) is 3.24. The molecule has 8 heteroatoms. The van der Waals surface area contributed by atoms with Gasteiger partial charge >= 0.3 is 384 Å². The van der Waals surface area contributed by atoms with Crippen LogP contribution in [0.15, 0.2) is 170 Å². The van der Waals surface area contributed by atoms with Crippen LogP contribution in [0, 0.1) is 20.8 Å². The van der Waals surface area contributed by atoms with E-state index in [2.05, 4.69) is 60.7 Å². The molecular weight excluding hydrogens is 828 g/mol. The fourth-order valence-electron chi connectivity index (χ4n) is 9.17. The molecule has 0 spiro atoms. The van der Waals surface area contributed by atoms with Crippen molar-refractivity contribution in [3.63, 3.8) is 0 Å². The van der Waals surface area contributed by atoms with Crippen LogP contribution < -0.4 is 40.0 Å². The van der Waals surface area contributed by atoms with Crippen molar-refractivity contribution in [3.05, 3.63) is 220 Å². The third-order valence-corrected chi connectivity index (χ3v) is 18.1. The quantitative estimate of drug-likeness (QED) is 0.0883. The Bertz CT molecular complexity index is 2830. The summed E-state index contributed by atoms with van der Waals surface area (Å²) < 4.78 is 25.8. The van der Waals surface area contributed by atoms with E-state index in [0.29, 0.717) is 53.4 Å². The van der Waals surface area contributed by atoms with Crippen molar-refractivity contribution in [1.29, 1.82) is 0 Å². The van der Waals surface area contributed by atoms with E-state index in [0.717, 1.165) is 60.2 Å². The number of phenolic OH excluding ortho intramolecular Hbond substituents is 3. The average molecular weight is 883 g/mol. The van der Waals surface area contributed by atoms with Crippen LogP contribution in [-0.2, 0) is 19.3 Å². The fourth-order valence-corrected chi connectivity index (χ4v) is 14.9. The van der Waals surface area contributed by atoms with Gasteiger partial charge in [-0.1, -0.05) is 0 Å². The van der Waals surface area contributed by atoms with Crippen molar-refractivity contribution in [3.8, 4) is 40.2 Å². The summed E-state index contributed by atoms with van der Waals surface area (Å²) in [6, 6.07) is 56.2. The predicted octanol–water partition coefficient (Wildman–Crippen LogP) is 10.7. The molecule has 0 aliphatic carbocycles. The zero-order chi connectivity index (χ0) is 45.7. The number of ether oxygens (including phenoxy) is 3. The minimum atomic E-state index is -4.50. The molecule has 0 radical (unpaired) electrons. The Labute approximate surface area is 382 Å². The predicted molar refractivity (Wildman–Crippen MR) is 265 cm³/mol. The first-order chi connectivity index (χ1) is 31.4. The van der Waals surface area contributed by atoms with Crippen LogP contribution >= 0.6 is 6.83 Å². The number of aromatic hydroxyl groups is 3. The molecule has 3 N–H and O–H groups in total. The summed E-state index contributed by atoms with van der Waals surface area (Å²) in [5.41, 5.74) is 7.61. The summed E-state index contributed by atoms with van der Waals surface area (Å²) >= 11 is 0. The molecule has 8 aromatic rings. The molecule has 0 aliphatic rings. The second kappa shape index (κ2) is 18.5. The van der Waals surface area contributed by atoms with Gasteiger partial charge < -0.3 is 0 Å². The van der Waals surface area contributed by atoms with Gasteiger partial charge in [-0.2, -0.15) is 0 Å². The SMILES string of the molecule is COc1ccc(P(Oc2c(Cc3cc(C)ccc3O)cccc2Cc2cc(C)cc(Cc3cc(C)ccc3O)c2O)(c2ccccc2)(c2ccc(OC)cc2)c2ccc(OC)cc2)cc1. The number of benzene rings is 8. The van der Waals surface area contributed by atoms with E-state index >= 15 is 0 Å². The molecule has 0 atom stereocenters. The van der Waals surface area contributed by atoms with Crippen molar-refractivity contribution in [2.24, 2.45) is 0 Å². The van der Waals surface area contributed by atoms with Gasteiger partial charge in [-0.15, -0.1) is 0 Å². The van der Waals surface area contributed by atoms with Gasteiger partial charge in [0.2, 0.25) is 0 Å². The third-order valence-electron chi connectivity index (χ3n) is 12.4. The minimum absolute atomic E-state index is 0.158. The standard InChI is InChI=1S/C57H55O7P/c1-38-15-29-54(58)43(31-38)35-41-11-10-12-42(36-45-33-40(3)34-46(56(45)60)37-44-32-39(2)16-30-55(44)59)57(41)64-65(50-13-8-7-9-14-50,51-23-17-47(61-4)18-24-51,52-25-19-48(62-5)20-26-52)53-27-21-49(63-6)22-28-53/h7-34,58-60H,35-37H2,1-6H3. The van der Waals surface area contributed by atoms with Crippen LogP contribution in [0.1, 0.15) is 50.1 Å². The Hall–Kier alpha value is -7.21. The number of hydrogen-bond donors (Lipinski definition) is 3. The molecule has 0 heterocycles. The van der Waals surface area contributed by atoms with Crippen LogP contribution in [0.2, 0.25) is 0 Å². The Balaban J connectivity index is 1.47. The fraction of sp³-hybridized carbons (Fsp3) is 0.158. The summed E-state index contributed by atoms with van der Waals surface area (Å²) in [7, 11) is 4.98. The van der Waals surface area contributed by atoms with E-state index in [9.17, 15) is 15.3 Å². The van der Waals surface area contributed by atoms with Crippen LogP contribution in [0.4, 0.5) is 0 Å². The number of phenols is 3. The van der Waals surface area contributed by atoms with Gasteiger partial charge in [0.05, 0.1) is 0 Å². The van der Waals surface area contributed by atoms with Gasteiger partial charge in [0, 0.05) is 0 Å². The molecule has 0 saturated carbocycles. The third kappa shape index (κ3) is 8.36. The number of rotatable bonds is 15. The van der Waals surface area contributed by atoms with Gasteiger partial charge in [0.25, 0.3) is 0 Å². The first-order valence-electron chi connectivity index (χ1n) is 21.7. The summed E-state index contributed by atoms with van der Waals surface area (Å²) in [5, 5.41) is 38.1. The van der Waals surface area contributed by atoms with Crippen LogP contribution in [0.5, 0.6) is 40.2 Å². The normalized spacial score (nSPS) is 11.9. The van der Waals surface area contributed by atoms with Gasteiger partial charge in [-0.25, -0.2) is 0 Å². The second-order valence-electron chi connectivity index (χ2n) is 16.7. The number of aryl methyl sites for hydroxylation is 3. The first-order valence-corrected chi connectivity index (χ1v) is 23.8. The van der Waals surface area contributed by atoms with E-state index in [-0.39, 0.29) is 17.2 Å². The summed E-state index contributed by atoms with van der Waals surface area (Å²) in [6.07, 6.45) is 1.00. The molecule has 330 valence electrons. The van der Waals surface area contributed by atoms with E-state index in [1.54, 1.807) is 33.5 Å². The van der Waals surface area contributed by atoms with E-state index < -0.39 is 6.83 Å². The first kappa shape index (κ1) is 44.4. The maximum atomic E-state index is 12.2. The molecule has 8 rings (SSSR count). The van der Waals surface area contributed by atoms with Crippen molar-refractivity contribution in [2.75, 3.05) is 21.3 Å². The van der Waals surface area contributed by atoms with E-state index in [1.165, 1.54) is 0 Å². The zero-order valence-corrected chi connectivity index (χ0v) is 38.6. The molecule has 0 aromatic heterocycles. The molecule has 0 fully saturated rings. The van der Waals surface area contributed by atoms with Gasteiger partial charge in [-0.3, -0.25) is 0 Å². The van der Waals surface area contributed by atoms with E-state index in [4.69, 9.17) is 18.7 Å². The summed E-state index contributed by atoms with van der Waals surface area (Å²) in [4.78, 5) is 0. The zero-order valence-electron chi connectivity index (χ0n) is 37.7. The molecule has 0 aliphatic heterocycles. The Morgan fingerprint density at radius 1 is 0.369 bits per heavy atom. The van der Waals surface area contributed by atoms with Crippen LogP contribution in [-0.4, -0.2) is 36.6 Å². The molecule has 8 aromatic carbocycles. The van der Waals surface area contributed by atoms with Gasteiger partial charge in [0.15, 0.2) is 0 Å². The van der Waals surface area contributed by atoms with Crippen LogP contribution in [0.3, 0.4) is 0 Å². The van der Waals surface area contributed by atoms with Crippen molar-refractivity contribution in [1.82, 2.24) is 0 Å². The molecule has 7 nitrogen and oxygen atoms in total. The number of methoxy groups -OCH3 is 3. The maximum absolute atomic E-state index is 12.2. The Morgan fingerprint density at radius 3 is 1.15 bits per heavy atom. The molecule has 0 unspecified atom stereocenters. The molecule has 0 amide bonds. The molecule has 0 saturated heterocycles. The van der Waals surface area contributed by atoms with Crippen LogP contribution in [0.25, 0.3) is 0 Å². The molecular formula is C57H55O7P. The average Bonchev–Trinajstić information content (AvgIpc) is 3.33. The second-order valence-corrected chi connectivity index (χ2v) is 21.0. The topological polar surface area (TPSA) is 97.6 Å². The monoisotopic (exact) mass is 882 g/mol. The van der Waals surface area contributed by atoms with Crippen molar-refractivity contribution < 1.29 is 34.1 Å². The Morgan fingerprint density at radius 2 is 0.738 bits per heavy atom. The van der Waals surface area contributed by atoms with Gasteiger partial charge in [-0.05, 0) is 0 Å². The van der Waals surface area contributed by atoms with Crippen molar-refractivity contribution >= 4 is 28.0 Å². The number of hydrogen-bond acceptors (Lipinski definition) is 7.